The van der Waals surface area contributed by atoms with E-state index in [1.54, 1.807) is 7.11 Å². The van der Waals surface area contributed by atoms with Crippen molar-refractivity contribution in [2.75, 3.05) is 13.7 Å². The van der Waals surface area contributed by atoms with Gasteiger partial charge < -0.3 is 10.1 Å². The number of methoxy groups -OCH3 is 1. The standard InChI is InChI=1S/C9H19NO/c1-11-9-7-5-3-2-4-6-8-10/h8,10H,2-7,9H2,1H3. The highest BCUT2D eigenvalue weighted by molar-refractivity contribution is 5.52. The van der Waals surface area contributed by atoms with Crippen molar-refractivity contribution in [2.24, 2.45) is 0 Å². The highest BCUT2D eigenvalue weighted by Crippen LogP contribution is 2.03. The molecule has 2 nitrogen and oxygen atoms in total. The van der Waals surface area contributed by atoms with Crippen molar-refractivity contribution in [1.82, 2.24) is 0 Å². The van der Waals surface area contributed by atoms with E-state index >= 15 is 0 Å². The minimum Gasteiger partial charge on any atom is -0.385 e. The fourth-order valence-electron chi connectivity index (χ4n) is 1.02. The fourth-order valence-corrected chi connectivity index (χ4v) is 1.02. The molecule has 0 aromatic heterocycles. The van der Waals surface area contributed by atoms with Gasteiger partial charge in [-0.15, -0.1) is 0 Å². The Labute approximate surface area is 69.5 Å². The topological polar surface area (TPSA) is 33.1 Å². The zero-order valence-electron chi connectivity index (χ0n) is 7.44. The molecule has 0 aliphatic rings. The summed E-state index contributed by atoms with van der Waals surface area (Å²) in [7, 11) is 1.75. The molecule has 11 heavy (non-hydrogen) atoms. The second-order valence-corrected chi connectivity index (χ2v) is 2.75. The molecule has 0 aromatic rings. The lowest BCUT2D eigenvalue weighted by molar-refractivity contribution is 0.192. The molecule has 0 unspecified atom stereocenters. The van der Waals surface area contributed by atoms with Crippen molar-refractivity contribution in [1.29, 1.82) is 5.41 Å². The van der Waals surface area contributed by atoms with E-state index in [9.17, 15) is 0 Å². The van der Waals surface area contributed by atoms with Crippen molar-refractivity contribution < 1.29 is 4.74 Å². The number of hydrogen-bond donors (Lipinski definition) is 1. The Hall–Kier alpha value is -0.370. The average Bonchev–Trinajstić information content (AvgIpc) is 2.03. The van der Waals surface area contributed by atoms with Crippen molar-refractivity contribution in [3.8, 4) is 0 Å². The van der Waals surface area contributed by atoms with Gasteiger partial charge >= 0.3 is 0 Å². The summed E-state index contributed by atoms with van der Waals surface area (Å²) in [6.07, 6.45) is 8.62. The van der Waals surface area contributed by atoms with E-state index in [2.05, 4.69) is 0 Å². The van der Waals surface area contributed by atoms with Gasteiger partial charge in [-0.3, -0.25) is 0 Å². The van der Waals surface area contributed by atoms with Gasteiger partial charge in [0.25, 0.3) is 0 Å². The summed E-state index contributed by atoms with van der Waals surface area (Å²) in [6.45, 7) is 0.893. The first kappa shape index (κ1) is 10.6. The second kappa shape index (κ2) is 9.63. The molecule has 0 aliphatic carbocycles. The van der Waals surface area contributed by atoms with Crippen LogP contribution in [0, 0.1) is 5.41 Å². The van der Waals surface area contributed by atoms with Gasteiger partial charge in [-0.05, 0) is 25.5 Å². The lowest BCUT2D eigenvalue weighted by atomic mass is 10.1. The van der Waals surface area contributed by atoms with E-state index < -0.39 is 0 Å². The first-order valence-electron chi connectivity index (χ1n) is 4.39. The highest BCUT2D eigenvalue weighted by atomic mass is 16.5. The van der Waals surface area contributed by atoms with Crippen molar-refractivity contribution in [2.45, 2.75) is 38.5 Å². The molecule has 0 aliphatic heterocycles. The molecule has 0 fully saturated rings. The van der Waals surface area contributed by atoms with Gasteiger partial charge in [-0.2, -0.15) is 0 Å². The van der Waals surface area contributed by atoms with Crippen LogP contribution >= 0.6 is 0 Å². The molecule has 2 heteroatoms. The molecule has 0 saturated heterocycles. The van der Waals surface area contributed by atoms with Crippen LogP contribution < -0.4 is 0 Å². The van der Waals surface area contributed by atoms with Gasteiger partial charge in [0.2, 0.25) is 0 Å². The SMILES string of the molecule is COCCCCCCCC=N. The Balaban J connectivity index is 2.74. The first-order valence-corrected chi connectivity index (χ1v) is 4.39. The summed E-state index contributed by atoms with van der Waals surface area (Å²) >= 11 is 0. The van der Waals surface area contributed by atoms with Crippen LogP contribution in [0.15, 0.2) is 0 Å². The quantitative estimate of drug-likeness (QED) is 0.426. The van der Waals surface area contributed by atoms with Gasteiger partial charge in [-0.1, -0.05) is 19.3 Å². The summed E-state index contributed by atoms with van der Waals surface area (Å²) in [5.41, 5.74) is 0. The number of ether oxygens (including phenoxy) is 1. The Bertz CT molecular complexity index is 83.6. The maximum absolute atomic E-state index is 6.80. The van der Waals surface area contributed by atoms with Crippen LogP contribution in [-0.2, 0) is 4.74 Å². The zero-order chi connectivity index (χ0) is 8.36. The molecular formula is C9H19NO. The van der Waals surface area contributed by atoms with Crippen LogP contribution in [0.5, 0.6) is 0 Å². The van der Waals surface area contributed by atoms with Crippen molar-refractivity contribution >= 4 is 6.21 Å². The predicted octanol–water partition coefficient (Wildman–Crippen LogP) is 2.62. The van der Waals surface area contributed by atoms with Gasteiger partial charge in [0.1, 0.15) is 0 Å². The lowest BCUT2D eigenvalue weighted by Crippen LogP contribution is -1.88. The Morgan fingerprint density at radius 2 is 1.73 bits per heavy atom. The summed E-state index contributed by atoms with van der Waals surface area (Å²) in [6, 6.07) is 0. The van der Waals surface area contributed by atoms with Gasteiger partial charge in [0, 0.05) is 13.7 Å². The monoisotopic (exact) mass is 157 g/mol. The van der Waals surface area contributed by atoms with Crippen LogP contribution in [0.2, 0.25) is 0 Å². The van der Waals surface area contributed by atoms with Crippen LogP contribution in [0.3, 0.4) is 0 Å². The van der Waals surface area contributed by atoms with E-state index in [-0.39, 0.29) is 0 Å². The van der Waals surface area contributed by atoms with E-state index in [1.165, 1.54) is 38.3 Å². The molecule has 0 aromatic carbocycles. The summed E-state index contributed by atoms with van der Waals surface area (Å²) in [4.78, 5) is 0. The second-order valence-electron chi connectivity index (χ2n) is 2.75. The maximum Gasteiger partial charge on any atom is 0.0462 e. The smallest absolute Gasteiger partial charge is 0.0462 e. The highest BCUT2D eigenvalue weighted by Gasteiger charge is 1.88. The molecule has 0 amide bonds. The third-order valence-electron chi connectivity index (χ3n) is 1.70. The minimum absolute atomic E-state index is 0.893. The molecular weight excluding hydrogens is 138 g/mol. The van der Waals surface area contributed by atoms with E-state index in [4.69, 9.17) is 10.1 Å². The minimum atomic E-state index is 0.893. The van der Waals surface area contributed by atoms with Gasteiger partial charge in [0.05, 0.1) is 0 Å². The van der Waals surface area contributed by atoms with E-state index in [0.717, 1.165) is 13.0 Å². The number of rotatable bonds is 8. The number of hydrogen-bond acceptors (Lipinski definition) is 2. The average molecular weight is 157 g/mol. The summed E-state index contributed by atoms with van der Waals surface area (Å²) in [5.74, 6) is 0. The van der Waals surface area contributed by atoms with Crippen LogP contribution in [0.4, 0.5) is 0 Å². The molecule has 0 spiro atoms. The Kier molecular flexibility index (Phi) is 9.31. The molecule has 66 valence electrons. The molecule has 0 heterocycles. The number of nitrogens with one attached hydrogen (secondary N) is 1. The first-order chi connectivity index (χ1) is 5.41. The maximum atomic E-state index is 6.80. The molecule has 0 bridgehead atoms. The van der Waals surface area contributed by atoms with E-state index in [0.29, 0.717) is 0 Å². The Morgan fingerprint density at radius 3 is 2.36 bits per heavy atom. The summed E-state index contributed by atoms with van der Waals surface area (Å²) < 4.78 is 4.93. The third-order valence-corrected chi connectivity index (χ3v) is 1.70. The molecule has 0 rings (SSSR count). The van der Waals surface area contributed by atoms with Crippen LogP contribution in [0.1, 0.15) is 38.5 Å². The largest absolute Gasteiger partial charge is 0.385 e. The van der Waals surface area contributed by atoms with Crippen molar-refractivity contribution in [3.63, 3.8) is 0 Å². The van der Waals surface area contributed by atoms with Gasteiger partial charge in [-0.25, -0.2) is 0 Å². The Morgan fingerprint density at radius 1 is 1.09 bits per heavy atom. The normalized spacial score (nSPS) is 9.91. The number of unbranched alkanes of at least 4 members (excludes halogenated alkanes) is 5. The fraction of sp³-hybridized carbons (Fsp3) is 0.889. The van der Waals surface area contributed by atoms with E-state index in [1.807, 2.05) is 0 Å². The molecule has 0 saturated carbocycles. The summed E-state index contributed by atoms with van der Waals surface area (Å²) in [5, 5.41) is 6.80. The van der Waals surface area contributed by atoms with Crippen LogP contribution in [-0.4, -0.2) is 19.9 Å². The molecule has 0 atom stereocenters. The van der Waals surface area contributed by atoms with Gasteiger partial charge in [0.15, 0.2) is 0 Å². The third kappa shape index (κ3) is 9.63. The molecule has 1 N–H and O–H groups in total. The lowest BCUT2D eigenvalue weighted by Gasteiger charge is -1.98. The van der Waals surface area contributed by atoms with Crippen molar-refractivity contribution in [3.05, 3.63) is 0 Å². The zero-order valence-corrected chi connectivity index (χ0v) is 7.44. The molecule has 0 radical (unpaired) electrons. The van der Waals surface area contributed by atoms with Crippen LogP contribution in [0.25, 0.3) is 0 Å². The predicted molar refractivity (Wildman–Crippen MR) is 48.4 cm³/mol.